The van der Waals surface area contributed by atoms with Gasteiger partial charge in [0.2, 0.25) is 0 Å². The minimum absolute atomic E-state index is 0.644. The normalized spacial score (nSPS) is 12.5. The zero-order chi connectivity index (χ0) is 15.2. The van der Waals surface area contributed by atoms with Crippen molar-refractivity contribution in [3.8, 4) is 0 Å². The molecule has 21 heavy (non-hydrogen) atoms. The number of benzene rings is 1. The third-order valence-corrected chi connectivity index (χ3v) is 3.92. The van der Waals surface area contributed by atoms with E-state index in [1.54, 1.807) is 0 Å². The number of aliphatic hydroxyl groups excluding tert-OH is 1. The monoisotopic (exact) mass is 286 g/mol. The second-order valence-electron chi connectivity index (χ2n) is 5.54. The first-order chi connectivity index (χ1) is 10.2. The number of hydrogen-bond donors (Lipinski definition) is 2. The van der Waals surface area contributed by atoms with Crippen molar-refractivity contribution < 1.29 is 5.11 Å². The van der Waals surface area contributed by atoms with Gasteiger partial charge in [-0.3, -0.25) is 0 Å². The smallest absolute Gasteiger partial charge is 0.121 e. The quantitative estimate of drug-likeness (QED) is 0.758. The number of nitrogen functional groups attached to an aromatic ring is 1. The third kappa shape index (κ3) is 3.48. The molecular formula is C18H26N2O. The first-order valence-corrected chi connectivity index (χ1v) is 7.89. The molecule has 2 rings (SSSR count). The topological polar surface area (TPSA) is 51.2 Å². The highest BCUT2D eigenvalue weighted by Gasteiger charge is 2.18. The molecule has 0 radical (unpaired) electrons. The molecule has 0 aliphatic carbocycles. The number of para-hydroxylation sites is 1. The largest absolute Gasteiger partial charge is 0.398 e. The Morgan fingerprint density at radius 3 is 2.52 bits per heavy atom. The number of aryl methyl sites for hydroxylation is 1. The number of rotatable bonds is 7. The fraction of sp³-hybridized carbons (Fsp3) is 0.444. The molecule has 0 aliphatic heterocycles. The first kappa shape index (κ1) is 15.6. The Morgan fingerprint density at radius 2 is 1.86 bits per heavy atom. The van der Waals surface area contributed by atoms with Crippen LogP contribution in [0.3, 0.4) is 0 Å². The van der Waals surface area contributed by atoms with Gasteiger partial charge in [-0.25, -0.2) is 0 Å². The standard InChI is InChI=1S/C18H26N2O/c1-3-5-13-20-14(8-4-2)11-12-17(20)18(21)15-9-6-7-10-16(15)19/h6-7,9-12,18,21H,3-5,8,13,19H2,1-2H3. The van der Waals surface area contributed by atoms with Gasteiger partial charge in [-0.15, -0.1) is 0 Å². The van der Waals surface area contributed by atoms with Crippen LogP contribution in [0.15, 0.2) is 36.4 Å². The number of anilines is 1. The lowest BCUT2D eigenvalue weighted by molar-refractivity contribution is 0.209. The van der Waals surface area contributed by atoms with Crippen LogP contribution in [0.4, 0.5) is 5.69 Å². The maximum atomic E-state index is 10.7. The van der Waals surface area contributed by atoms with Gasteiger partial charge >= 0.3 is 0 Å². The Kier molecular flexibility index (Phi) is 5.45. The minimum atomic E-state index is -0.659. The van der Waals surface area contributed by atoms with E-state index in [-0.39, 0.29) is 0 Å². The van der Waals surface area contributed by atoms with Gasteiger partial charge in [-0.2, -0.15) is 0 Å². The van der Waals surface area contributed by atoms with Crippen LogP contribution in [0.25, 0.3) is 0 Å². The molecule has 1 heterocycles. The SMILES string of the molecule is CCCCn1c(CCC)ccc1C(O)c1ccccc1N. The molecule has 1 aromatic carbocycles. The van der Waals surface area contributed by atoms with Crippen LogP contribution in [0.1, 0.15) is 56.2 Å². The average Bonchev–Trinajstić information content (AvgIpc) is 2.88. The van der Waals surface area contributed by atoms with E-state index in [1.807, 2.05) is 30.3 Å². The van der Waals surface area contributed by atoms with E-state index in [0.29, 0.717) is 5.69 Å². The highest BCUT2D eigenvalue weighted by Crippen LogP contribution is 2.28. The van der Waals surface area contributed by atoms with Gasteiger partial charge in [-0.05, 0) is 31.0 Å². The zero-order valence-electron chi connectivity index (χ0n) is 13.0. The van der Waals surface area contributed by atoms with Gasteiger partial charge in [0.25, 0.3) is 0 Å². The molecule has 3 N–H and O–H groups in total. The Bertz CT molecular complexity index is 574. The molecule has 0 aliphatic rings. The Balaban J connectivity index is 2.36. The lowest BCUT2D eigenvalue weighted by Gasteiger charge is -2.18. The van der Waals surface area contributed by atoms with E-state index < -0.39 is 6.10 Å². The molecule has 1 unspecified atom stereocenters. The second-order valence-corrected chi connectivity index (χ2v) is 5.54. The lowest BCUT2D eigenvalue weighted by Crippen LogP contribution is -2.12. The number of nitrogens with two attached hydrogens (primary N) is 1. The number of nitrogens with zero attached hydrogens (tertiary/aromatic N) is 1. The maximum Gasteiger partial charge on any atom is 0.121 e. The van der Waals surface area contributed by atoms with E-state index in [4.69, 9.17) is 5.73 Å². The molecule has 0 saturated heterocycles. The summed E-state index contributed by atoms with van der Waals surface area (Å²) < 4.78 is 2.27. The van der Waals surface area contributed by atoms with E-state index in [2.05, 4.69) is 24.5 Å². The zero-order valence-corrected chi connectivity index (χ0v) is 13.0. The number of aliphatic hydroxyl groups is 1. The van der Waals surface area contributed by atoms with Gasteiger partial charge in [0.1, 0.15) is 6.10 Å². The molecule has 3 nitrogen and oxygen atoms in total. The summed E-state index contributed by atoms with van der Waals surface area (Å²) in [5.41, 5.74) is 9.69. The molecule has 1 aromatic heterocycles. The Labute approximate surface area is 127 Å². The van der Waals surface area contributed by atoms with Crippen molar-refractivity contribution in [3.63, 3.8) is 0 Å². The summed E-state index contributed by atoms with van der Waals surface area (Å²) in [5, 5.41) is 10.7. The molecule has 0 saturated carbocycles. The summed E-state index contributed by atoms with van der Waals surface area (Å²) in [6.45, 7) is 5.33. The molecule has 0 amide bonds. The fourth-order valence-electron chi connectivity index (χ4n) is 2.75. The number of hydrogen-bond acceptors (Lipinski definition) is 2. The molecular weight excluding hydrogens is 260 g/mol. The van der Waals surface area contributed by atoms with Crippen molar-refractivity contribution in [1.29, 1.82) is 0 Å². The molecule has 1 atom stereocenters. The van der Waals surface area contributed by atoms with E-state index >= 15 is 0 Å². The molecule has 2 aromatic rings. The highest BCUT2D eigenvalue weighted by atomic mass is 16.3. The van der Waals surface area contributed by atoms with Crippen LogP contribution < -0.4 is 5.73 Å². The summed E-state index contributed by atoms with van der Waals surface area (Å²) in [6, 6.07) is 11.7. The van der Waals surface area contributed by atoms with Gasteiger partial charge in [-0.1, -0.05) is 44.9 Å². The van der Waals surface area contributed by atoms with Gasteiger partial charge in [0, 0.05) is 23.5 Å². The van der Waals surface area contributed by atoms with Crippen LogP contribution in [0.5, 0.6) is 0 Å². The van der Waals surface area contributed by atoms with Gasteiger partial charge < -0.3 is 15.4 Å². The van der Waals surface area contributed by atoms with Crippen molar-refractivity contribution in [3.05, 3.63) is 53.3 Å². The number of aromatic nitrogens is 1. The summed E-state index contributed by atoms with van der Waals surface area (Å²) in [5.74, 6) is 0. The average molecular weight is 286 g/mol. The predicted octanol–water partition coefficient (Wildman–Crippen LogP) is 3.90. The van der Waals surface area contributed by atoms with E-state index in [9.17, 15) is 5.11 Å². The van der Waals surface area contributed by atoms with Crippen molar-refractivity contribution in [2.75, 3.05) is 5.73 Å². The Morgan fingerprint density at radius 1 is 1.10 bits per heavy atom. The second kappa shape index (κ2) is 7.32. The van der Waals surface area contributed by atoms with Crippen LogP contribution >= 0.6 is 0 Å². The van der Waals surface area contributed by atoms with E-state index in [1.165, 1.54) is 5.69 Å². The fourth-order valence-corrected chi connectivity index (χ4v) is 2.75. The predicted molar refractivity (Wildman–Crippen MR) is 88.3 cm³/mol. The first-order valence-electron chi connectivity index (χ1n) is 7.89. The third-order valence-electron chi connectivity index (χ3n) is 3.92. The Hall–Kier alpha value is -1.74. The minimum Gasteiger partial charge on any atom is -0.398 e. The van der Waals surface area contributed by atoms with Crippen LogP contribution in [0, 0.1) is 0 Å². The molecule has 114 valence electrons. The van der Waals surface area contributed by atoms with Crippen LogP contribution in [-0.2, 0) is 13.0 Å². The summed E-state index contributed by atoms with van der Waals surface area (Å²) >= 11 is 0. The summed E-state index contributed by atoms with van der Waals surface area (Å²) in [4.78, 5) is 0. The summed E-state index contributed by atoms with van der Waals surface area (Å²) in [6.07, 6.45) is 3.76. The lowest BCUT2D eigenvalue weighted by atomic mass is 10.0. The van der Waals surface area contributed by atoms with Crippen molar-refractivity contribution in [2.45, 2.75) is 52.2 Å². The maximum absolute atomic E-state index is 10.7. The van der Waals surface area contributed by atoms with Crippen molar-refractivity contribution >= 4 is 5.69 Å². The molecule has 0 fully saturated rings. The van der Waals surface area contributed by atoms with Crippen LogP contribution in [0.2, 0.25) is 0 Å². The van der Waals surface area contributed by atoms with Crippen molar-refractivity contribution in [2.24, 2.45) is 0 Å². The van der Waals surface area contributed by atoms with Crippen molar-refractivity contribution in [1.82, 2.24) is 4.57 Å². The highest BCUT2D eigenvalue weighted by molar-refractivity contribution is 5.50. The van der Waals surface area contributed by atoms with Gasteiger partial charge in [0.05, 0.1) is 5.69 Å². The van der Waals surface area contributed by atoms with E-state index in [0.717, 1.165) is 43.5 Å². The molecule has 0 spiro atoms. The molecule has 0 bridgehead atoms. The molecule has 3 heteroatoms. The van der Waals surface area contributed by atoms with Crippen LogP contribution in [-0.4, -0.2) is 9.67 Å². The number of unbranched alkanes of at least 4 members (excludes halogenated alkanes) is 1. The summed E-state index contributed by atoms with van der Waals surface area (Å²) in [7, 11) is 0. The van der Waals surface area contributed by atoms with Gasteiger partial charge in [0.15, 0.2) is 0 Å².